The van der Waals surface area contributed by atoms with Crippen molar-refractivity contribution in [3.8, 4) is 5.75 Å². The number of ether oxygens (including phenoxy) is 2. The molecule has 192 valence electrons. The number of esters is 1. The van der Waals surface area contributed by atoms with Gasteiger partial charge in [0, 0.05) is 12.1 Å². The summed E-state index contributed by atoms with van der Waals surface area (Å²) in [5.41, 5.74) is 1.80. The Hall–Kier alpha value is -3.83. The van der Waals surface area contributed by atoms with Gasteiger partial charge in [-0.1, -0.05) is 54.6 Å². The Balaban J connectivity index is 1.35. The van der Waals surface area contributed by atoms with Crippen LogP contribution in [-0.2, 0) is 26.0 Å². The van der Waals surface area contributed by atoms with Crippen molar-refractivity contribution in [1.82, 2.24) is 0 Å². The summed E-state index contributed by atoms with van der Waals surface area (Å²) in [7, 11) is -0.270. The summed E-state index contributed by atoms with van der Waals surface area (Å²) in [6.45, 7) is 3.81. The van der Waals surface area contributed by atoms with E-state index in [0.717, 1.165) is 23.1 Å². The quantitative estimate of drug-likeness (QED) is 0.134. The first kappa shape index (κ1) is 25.8. The largest absolute Gasteiger partial charge is 0.481 e. The van der Waals surface area contributed by atoms with Crippen molar-refractivity contribution in [2.75, 3.05) is 6.61 Å². The van der Waals surface area contributed by atoms with Crippen LogP contribution in [0, 0.1) is 19.7 Å². The summed E-state index contributed by atoms with van der Waals surface area (Å²) < 4.78 is 25.4. The fourth-order valence-electron chi connectivity index (χ4n) is 4.91. The number of carbonyl (C=O) groups excluding carboxylic acids is 1. The van der Waals surface area contributed by atoms with E-state index >= 15 is 0 Å². The number of halogens is 1. The van der Waals surface area contributed by atoms with Crippen LogP contribution < -0.4 is 4.74 Å². The molecule has 1 atom stereocenters. The molecule has 0 N–H and O–H groups in total. The molecule has 0 spiro atoms. The van der Waals surface area contributed by atoms with Gasteiger partial charge in [0.1, 0.15) is 11.6 Å². The fraction of sp³-hybridized carbons (Fsp3) is 0.182. The third-order valence-corrected chi connectivity index (χ3v) is 8.85. The van der Waals surface area contributed by atoms with Crippen LogP contribution >= 0.6 is 0 Å². The lowest BCUT2D eigenvalue weighted by molar-refractivity contribution is -0.158. The topological polar surface area (TPSA) is 35.5 Å². The minimum atomic E-state index is -0.887. The summed E-state index contributed by atoms with van der Waals surface area (Å²) in [4.78, 5) is 16.6. The first-order chi connectivity index (χ1) is 18.4. The highest BCUT2D eigenvalue weighted by atomic mass is 32.2. The van der Waals surface area contributed by atoms with Crippen molar-refractivity contribution in [3.05, 3.63) is 132 Å². The molecule has 0 bridgehead atoms. The van der Waals surface area contributed by atoms with Crippen LogP contribution in [0.3, 0.4) is 0 Å². The average Bonchev–Trinajstić information content (AvgIpc) is 3.39. The molecule has 0 amide bonds. The minimum Gasteiger partial charge on any atom is -0.481 e. The summed E-state index contributed by atoms with van der Waals surface area (Å²) in [6, 6.07) is 31.4. The number of allylic oxidation sites excluding steroid dienone is 1. The van der Waals surface area contributed by atoms with Gasteiger partial charge in [0.25, 0.3) is 0 Å². The zero-order chi connectivity index (χ0) is 26.5. The van der Waals surface area contributed by atoms with E-state index < -0.39 is 11.6 Å². The normalized spacial score (nSPS) is 16.5. The van der Waals surface area contributed by atoms with Gasteiger partial charge in [0.2, 0.25) is 0 Å². The van der Waals surface area contributed by atoms with E-state index in [1.807, 2.05) is 38.1 Å². The van der Waals surface area contributed by atoms with E-state index in [9.17, 15) is 9.18 Å². The molecule has 0 aromatic heterocycles. The molecule has 3 nitrogen and oxygen atoms in total. The molecule has 1 aliphatic carbocycles. The van der Waals surface area contributed by atoms with Crippen molar-refractivity contribution in [1.29, 1.82) is 0 Å². The molecule has 1 aliphatic rings. The Morgan fingerprint density at radius 2 is 1.42 bits per heavy atom. The van der Waals surface area contributed by atoms with Crippen LogP contribution in [0.25, 0.3) is 0 Å². The lowest BCUT2D eigenvalue weighted by Crippen LogP contribution is -2.31. The molecule has 0 aliphatic heterocycles. The van der Waals surface area contributed by atoms with E-state index in [4.69, 9.17) is 9.47 Å². The summed E-state index contributed by atoms with van der Waals surface area (Å²) in [5, 5.41) is 0. The Bertz CT molecular complexity index is 1370. The second kappa shape index (κ2) is 11.3. The number of carbonyl (C=O) groups is 1. The van der Waals surface area contributed by atoms with Gasteiger partial charge < -0.3 is 9.47 Å². The van der Waals surface area contributed by atoms with Gasteiger partial charge in [-0.15, -0.1) is 0 Å². The molecule has 4 aromatic carbocycles. The molecule has 5 rings (SSSR count). The van der Waals surface area contributed by atoms with E-state index in [1.54, 1.807) is 12.1 Å². The van der Waals surface area contributed by atoms with Crippen LogP contribution in [0.5, 0.6) is 5.75 Å². The smallest absolute Gasteiger partial charge is 0.345 e. The van der Waals surface area contributed by atoms with Crippen molar-refractivity contribution < 1.29 is 18.7 Å². The average molecular weight is 526 g/mol. The summed E-state index contributed by atoms with van der Waals surface area (Å²) in [5.74, 6) is -0.0949. The highest BCUT2D eigenvalue weighted by Crippen LogP contribution is 2.38. The second-order valence-corrected chi connectivity index (χ2v) is 11.4. The van der Waals surface area contributed by atoms with Crippen molar-refractivity contribution in [3.63, 3.8) is 0 Å². The van der Waals surface area contributed by atoms with E-state index in [-0.39, 0.29) is 23.3 Å². The lowest BCUT2D eigenvalue weighted by atomic mass is 9.93. The Morgan fingerprint density at radius 3 is 1.95 bits per heavy atom. The Morgan fingerprint density at radius 1 is 0.842 bits per heavy atom. The Labute approximate surface area is 226 Å². The van der Waals surface area contributed by atoms with Crippen molar-refractivity contribution >= 4 is 16.9 Å². The monoisotopic (exact) mass is 525 g/mol. The number of hydrogen-bond donors (Lipinski definition) is 0. The third-order valence-electron chi connectivity index (χ3n) is 6.66. The van der Waals surface area contributed by atoms with Crippen LogP contribution in [0.2, 0.25) is 0 Å². The fourth-order valence-corrected chi connectivity index (χ4v) is 7.18. The SMILES string of the molecule is Cc1cc([S+](c2ccccc2)c2ccccc2)cc(C)c1OCC(=O)OC1(c2ccc(F)cc2)C=CCC1. The Kier molecular flexibility index (Phi) is 7.66. The van der Waals surface area contributed by atoms with E-state index in [1.165, 1.54) is 26.8 Å². The number of rotatable bonds is 8. The molecule has 0 radical (unpaired) electrons. The van der Waals surface area contributed by atoms with Crippen molar-refractivity contribution in [2.24, 2.45) is 0 Å². The number of hydrogen-bond acceptors (Lipinski definition) is 3. The molecule has 0 heterocycles. The molecule has 1 unspecified atom stereocenters. The van der Waals surface area contributed by atoms with E-state index in [0.29, 0.717) is 12.2 Å². The number of aryl methyl sites for hydroxylation is 2. The molecule has 4 aromatic rings. The predicted octanol–water partition coefficient (Wildman–Crippen LogP) is 7.71. The molecule has 38 heavy (non-hydrogen) atoms. The van der Waals surface area contributed by atoms with E-state index in [2.05, 4.69) is 60.7 Å². The van der Waals surface area contributed by atoms with Gasteiger partial charge in [0.15, 0.2) is 26.9 Å². The van der Waals surface area contributed by atoms with Gasteiger partial charge in [0.05, 0.1) is 10.9 Å². The summed E-state index contributed by atoms with van der Waals surface area (Å²) in [6.07, 6.45) is 5.28. The molecule has 0 saturated heterocycles. The highest BCUT2D eigenvalue weighted by molar-refractivity contribution is 7.97. The zero-order valence-electron chi connectivity index (χ0n) is 21.5. The zero-order valence-corrected chi connectivity index (χ0v) is 22.3. The van der Waals surface area contributed by atoms with Gasteiger partial charge in [-0.2, -0.15) is 0 Å². The third kappa shape index (κ3) is 5.53. The second-order valence-electron chi connectivity index (χ2n) is 9.42. The van der Waals surface area contributed by atoms with Gasteiger partial charge >= 0.3 is 5.97 Å². The van der Waals surface area contributed by atoms with Crippen LogP contribution in [0.4, 0.5) is 4.39 Å². The first-order valence-electron chi connectivity index (χ1n) is 12.7. The molecular formula is C33H30FO3S+. The molecule has 0 saturated carbocycles. The standard InChI is InChI=1S/C33H30FO3S/c1-24-21-30(38(28-11-5-3-6-12-28)29-13-7-4-8-14-29)22-25(2)32(24)36-23-31(35)37-33(19-9-10-20-33)26-15-17-27(34)18-16-26/h3-9,11-19,21-22H,10,20,23H2,1-2H3/q+1. The lowest BCUT2D eigenvalue weighted by Gasteiger charge is -2.28. The van der Waals surface area contributed by atoms with Crippen LogP contribution in [0.15, 0.2) is 124 Å². The minimum absolute atomic E-state index is 0.207. The number of benzene rings is 4. The first-order valence-corrected chi connectivity index (χ1v) is 13.9. The summed E-state index contributed by atoms with van der Waals surface area (Å²) >= 11 is 0. The maximum absolute atomic E-state index is 13.5. The molecule has 0 fully saturated rings. The van der Waals surface area contributed by atoms with Gasteiger partial charge in [-0.25, -0.2) is 9.18 Å². The maximum atomic E-state index is 13.5. The van der Waals surface area contributed by atoms with Gasteiger partial charge in [-0.05, 0) is 85.9 Å². The predicted molar refractivity (Wildman–Crippen MR) is 149 cm³/mol. The van der Waals surface area contributed by atoms with Crippen molar-refractivity contribution in [2.45, 2.75) is 47.0 Å². The maximum Gasteiger partial charge on any atom is 0.345 e. The van der Waals surface area contributed by atoms with Crippen LogP contribution in [0.1, 0.15) is 29.5 Å². The highest BCUT2D eigenvalue weighted by Gasteiger charge is 2.36. The van der Waals surface area contributed by atoms with Gasteiger partial charge in [-0.3, -0.25) is 0 Å². The molecule has 5 heteroatoms. The van der Waals surface area contributed by atoms with Crippen LogP contribution in [-0.4, -0.2) is 12.6 Å². The molecular weight excluding hydrogens is 495 g/mol.